The van der Waals surface area contributed by atoms with Gasteiger partial charge >= 0.3 is 0 Å². The summed E-state index contributed by atoms with van der Waals surface area (Å²) in [6.45, 7) is 2.31. The smallest absolute Gasteiger partial charge is 0.0988 e. The van der Waals surface area contributed by atoms with Crippen molar-refractivity contribution >= 4 is 21.6 Å². The average Bonchev–Trinajstić information content (AvgIpc) is 2.83. The lowest BCUT2D eigenvalue weighted by molar-refractivity contribution is 0.530. The Bertz CT molecular complexity index is 810. The SMILES string of the molecule is CC12CC=C(Br)C=C1C1C=C(C#N)C=CC1N2c1ccccc1. The number of halogens is 1. The molecule has 2 nitrogen and oxygen atoms in total. The highest BCUT2D eigenvalue weighted by atomic mass is 79.9. The molecule has 0 bridgehead atoms. The summed E-state index contributed by atoms with van der Waals surface area (Å²) in [5.74, 6) is 0.251. The van der Waals surface area contributed by atoms with Crippen LogP contribution in [0.5, 0.6) is 0 Å². The zero-order chi connectivity index (χ0) is 16.0. The van der Waals surface area contributed by atoms with Gasteiger partial charge in [0.15, 0.2) is 0 Å². The number of rotatable bonds is 1. The van der Waals surface area contributed by atoms with Crippen molar-refractivity contribution in [1.82, 2.24) is 0 Å². The Balaban J connectivity index is 1.89. The molecule has 0 spiro atoms. The molecular formula is C20H17BrN2. The van der Waals surface area contributed by atoms with Gasteiger partial charge in [-0.05, 0) is 43.2 Å². The third kappa shape index (κ3) is 2.13. The monoisotopic (exact) mass is 364 g/mol. The lowest BCUT2D eigenvalue weighted by Crippen LogP contribution is -2.46. The maximum absolute atomic E-state index is 9.28. The van der Waals surface area contributed by atoms with Crippen molar-refractivity contribution in [1.29, 1.82) is 5.26 Å². The van der Waals surface area contributed by atoms with Crippen LogP contribution in [0.4, 0.5) is 5.69 Å². The van der Waals surface area contributed by atoms with E-state index in [-0.39, 0.29) is 17.5 Å². The van der Waals surface area contributed by atoms with Gasteiger partial charge in [-0.1, -0.05) is 52.4 Å². The van der Waals surface area contributed by atoms with Crippen LogP contribution in [0.15, 0.2) is 76.3 Å². The van der Waals surface area contributed by atoms with Crippen LogP contribution in [0.1, 0.15) is 13.3 Å². The minimum Gasteiger partial charge on any atom is -0.355 e. The van der Waals surface area contributed by atoms with Crippen LogP contribution in [0.2, 0.25) is 0 Å². The number of para-hydroxylation sites is 1. The van der Waals surface area contributed by atoms with Crippen LogP contribution in [0, 0.1) is 17.2 Å². The first-order valence-electron chi connectivity index (χ1n) is 7.86. The van der Waals surface area contributed by atoms with E-state index < -0.39 is 0 Å². The molecule has 3 unspecified atom stereocenters. The van der Waals surface area contributed by atoms with Gasteiger partial charge in [0.2, 0.25) is 0 Å². The summed E-state index contributed by atoms with van der Waals surface area (Å²) < 4.78 is 1.14. The first-order valence-corrected chi connectivity index (χ1v) is 8.65. The fourth-order valence-electron chi connectivity index (χ4n) is 4.11. The van der Waals surface area contributed by atoms with Gasteiger partial charge in [-0.2, -0.15) is 5.26 Å². The van der Waals surface area contributed by atoms with E-state index in [1.807, 2.05) is 6.08 Å². The summed E-state index contributed by atoms with van der Waals surface area (Å²) in [5, 5.41) is 9.28. The largest absolute Gasteiger partial charge is 0.355 e. The molecule has 1 heterocycles. The zero-order valence-electron chi connectivity index (χ0n) is 12.9. The molecule has 0 N–H and O–H groups in total. The second-order valence-corrected chi connectivity index (χ2v) is 7.40. The van der Waals surface area contributed by atoms with Crippen molar-refractivity contribution in [3.05, 3.63) is 76.3 Å². The van der Waals surface area contributed by atoms with Crippen LogP contribution < -0.4 is 4.90 Å². The van der Waals surface area contributed by atoms with E-state index in [9.17, 15) is 5.26 Å². The van der Waals surface area contributed by atoms with E-state index in [0.29, 0.717) is 0 Å². The van der Waals surface area contributed by atoms with Gasteiger partial charge in [0.25, 0.3) is 0 Å². The van der Waals surface area contributed by atoms with E-state index in [2.05, 4.69) is 88.5 Å². The first-order chi connectivity index (χ1) is 11.1. The molecule has 0 amide bonds. The molecule has 23 heavy (non-hydrogen) atoms. The molecule has 4 rings (SSSR count). The van der Waals surface area contributed by atoms with Gasteiger partial charge in [-0.25, -0.2) is 0 Å². The van der Waals surface area contributed by atoms with Crippen molar-refractivity contribution in [3.63, 3.8) is 0 Å². The van der Waals surface area contributed by atoms with Crippen LogP contribution >= 0.6 is 15.9 Å². The highest BCUT2D eigenvalue weighted by molar-refractivity contribution is 9.11. The minimum absolute atomic E-state index is 0.0559. The lowest BCUT2D eigenvalue weighted by atomic mass is 9.79. The van der Waals surface area contributed by atoms with Crippen LogP contribution in [0.3, 0.4) is 0 Å². The van der Waals surface area contributed by atoms with E-state index >= 15 is 0 Å². The Morgan fingerprint density at radius 1 is 1.30 bits per heavy atom. The van der Waals surface area contributed by atoms with Crippen molar-refractivity contribution in [2.24, 2.45) is 5.92 Å². The Labute approximate surface area is 145 Å². The van der Waals surface area contributed by atoms with E-state index in [1.54, 1.807) is 0 Å². The molecular weight excluding hydrogens is 348 g/mol. The van der Waals surface area contributed by atoms with Gasteiger partial charge in [0, 0.05) is 21.7 Å². The number of nitrogens with zero attached hydrogens (tertiary/aromatic N) is 2. The molecule has 3 heteroatoms. The standard InChI is InChI=1S/C20H17BrN2/c1-20-10-9-15(21)12-18(20)17-11-14(13-22)7-8-19(17)23(20)16-5-3-2-4-6-16/h2-9,11-12,17,19H,10H2,1H3. The fourth-order valence-corrected chi connectivity index (χ4v) is 4.52. The molecule has 0 aromatic heterocycles. The Morgan fingerprint density at radius 3 is 2.83 bits per heavy atom. The number of hydrogen-bond acceptors (Lipinski definition) is 2. The molecule has 0 saturated carbocycles. The predicted molar refractivity (Wildman–Crippen MR) is 97.2 cm³/mol. The van der Waals surface area contributed by atoms with E-state index in [1.165, 1.54) is 11.3 Å². The average molecular weight is 365 g/mol. The fraction of sp³-hybridized carbons (Fsp3) is 0.250. The van der Waals surface area contributed by atoms with Crippen molar-refractivity contribution in [2.75, 3.05) is 4.90 Å². The third-order valence-electron chi connectivity index (χ3n) is 5.16. The van der Waals surface area contributed by atoms with Crippen molar-refractivity contribution < 1.29 is 0 Å². The molecule has 1 aromatic rings. The summed E-state index contributed by atoms with van der Waals surface area (Å²) >= 11 is 3.64. The Kier molecular flexibility index (Phi) is 3.32. The van der Waals surface area contributed by atoms with Gasteiger partial charge < -0.3 is 4.90 Å². The quantitative estimate of drug-likeness (QED) is 0.709. The molecule has 1 aliphatic heterocycles. The van der Waals surface area contributed by atoms with Crippen LogP contribution in [-0.2, 0) is 0 Å². The molecule has 1 saturated heterocycles. The predicted octanol–water partition coefficient (Wildman–Crippen LogP) is 4.88. The number of allylic oxidation sites excluding steroid dienone is 4. The third-order valence-corrected chi connectivity index (χ3v) is 5.71. The van der Waals surface area contributed by atoms with Crippen LogP contribution in [0.25, 0.3) is 0 Å². The first kappa shape index (κ1) is 14.5. The molecule has 114 valence electrons. The molecule has 1 aromatic carbocycles. The number of hydrogen-bond donors (Lipinski definition) is 0. The topological polar surface area (TPSA) is 27.0 Å². The van der Waals surface area contributed by atoms with Gasteiger partial charge in [-0.15, -0.1) is 0 Å². The summed E-state index contributed by atoms with van der Waals surface area (Å²) in [7, 11) is 0. The van der Waals surface area contributed by atoms with Crippen molar-refractivity contribution in [2.45, 2.75) is 24.9 Å². The highest BCUT2D eigenvalue weighted by Crippen LogP contribution is 2.52. The number of fused-ring (bicyclic) bond motifs is 3. The molecule has 0 radical (unpaired) electrons. The zero-order valence-corrected chi connectivity index (χ0v) is 14.5. The summed E-state index contributed by atoms with van der Waals surface area (Å²) in [6, 6.07) is 13.1. The summed E-state index contributed by atoms with van der Waals surface area (Å²) in [6.07, 6.45) is 11.7. The molecule has 1 fully saturated rings. The minimum atomic E-state index is -0.0559. The lowest BCUT2D eigenvalue weighted by Gasteiger charge is -2.41. The van der Waals surface area contributed by atoms with E-state index in [4.69, 9.17) is 0 Å². The van der Waals surface area contributed by atoms with Crippen molar-refractivity contribution in [3.8, 4) is 6.07 Å². The van der Waals surface area contributed by atoms with Gasteiger partial charge in [0.05, 0.1) is 17.6 Å². The molecule has 3 atom stereocenters. The summed E-state index contributed by atoms with van der Waals surface area (Å²) in [5.41, 5.74) is 3.32. The normalized spacial score (nSPS) is 31.5. The number of benzene rings is 1. The Morgan fingerprint density at radius 2 is 2.09 bits per heavy atom. The molecule has 2 aliphatic carbocycles. The number of nitriles is 1. The second-order valence-electron chi connectivity index (χ2n) is 6.48. The maximum atomic E-state index is 9.28. The van der Waals surface area contributed by atoms with Gasteiger partial charge in [-0.3, -0.25) is 0 Å². The number of anilines is 1. The molecule has 3 aliphatic rings. The highest BCUT2D eigenvalue weighted by Gasteiger charge is 2.52. The van der Waals surface area contributed by atoms with Gasteiger partial charge in [0.1, 0.15) is 0 Å². The maximum Gasteiger partial charge on any atom is 0.0988 e. The Hall–Kier alpha value is -2.05. The van der Waals surface area contributed by atoms with Crippen LogP contribution in [-0.4, -0.2) is 11.6 Å². The summed E-state index contributed by atoms with van der Waals surface area (Å²) in [4.78, 5) is 2.51. The second kappa shape index (κ2) is 5.25. The van der Waals surface area contributed by atoms with E-state index in [0.717, 1.165) is 16.5 Å².